The van der Waals surface area contributed by atoms with Crippen molar-refractivity contribution < 1.29 is 4.79 Å². The van der Waals surface area contributed by atoms with Crippen LogP contribution in [0.25, 0.3) is 0 Å². The van der Waals surface area contributed by atoms with E-state index in [-0.39, 0.29) is 17.5 Å². The highest BCUT2D eigenvalue weighted by atomic mass is 16.2. The number of piperazine rings is 1. The minimum Gasteiger partial charge on any atom is -0.368 e. The van der Waals surface area contributed by atoms with E-state index in [0.717, 1.165) is 31.7 Å². The Labute approximate surface area is 163 Å². The van der Waals surface area contributed by atoms with Crippen molar-refractivity contribution in [1.29, 1.82) is 0 Å². The van der Waals surface area contributed by atoms with Gasteiger partial charge in [-0.25, -0.2) is 4.79 Å². The molecule has 2 aromatic carbocycles. The first-order valence-corrected chi connectivity index (χ1v) is 9.81. The van der Waals surface area contributed by atoms with Gasteiger partial charge in [-0.2, -0.15) is 0 Å². The molecule has 0 saturated carbocycles. The molecule has 2 amide bonds. The number of hydrogen-bond acceptors (Lipinski definition) is 2. The summed E-state index contributed by atoms with van der Waals surface area (Å²) in [5.41, 5.74) is 3.89. The fourth-order valence-corrected chi connectivity index (χ4v) is 3.64. The highest BCUT2D eigenvalue weighted by molar-refractivity contribution is 5.75. The molecule has 1 N–H and O–H groups in total. The van der Waals surface area contributed by atoms with E-state index in [1.807, 2.05) is 42.2 Å². The molecule has 1 fully saturated rings. The molecule has 3 rings (SSSR count). The Morgan fingerprint density at radius 1 is 0.926 bits per heavy atom. The third-order valence-electron chi connectivity index (χ3n) is 5.26. The Bertz CT molecular complexity index is 759. The van der Waals surface area contributed by atoms with Crippen molar-refractivity contribution in [2.24, 2.45) is 0 Å². The molecule has 1 saturated heterocycles. The zero-order valence-electron chi connectivity index (χ0n) is 16.9. The average molecular weight is 366 g/mol. The normalized spacial score (nSPS) is 16.1. The molecule has 144 valence electrons. The second-order valence-electron chi connectivity index (χ2n) is 8.32. The summed E-state index contributed by atoms with van der Waals surface area (Å²) >= 11 is 0. The van der Waals surface area contributed by atoms with Gasteiger partial charge in [0.2, 0.25) is 0 Å². The van der Waals surface area contributed by atoms with Crippen molar-refractivity contribution >= 4 is 11.7 Å². The monoisotopic (exact) mass is 365 g/mol. The van der Waals surface area contributed by atoms with E-state index in [4.69, 9.17) is 0 Å². The predicted octanol–water partition coefficient (Wildman–Crippen LogP) is 4.58. The maximum Gasteiger partial charge on any atom is 0.317 e. The van der Waals surface area contributed by atoms with E-state index < -0.39 is 0 Å². The number of nitrogens with one attached hydrogen (secondary N) is 1. The average Bonchev–Trinajstić information content (AvgIpc) is 2.68. The summed E-state index contributed by atoms with van der Waals surface area (Å²) in [5.74, 6) is 0. The Kier molecular flexibility index (Phi) is 5.73. The van der Waals surface area contributed by atoms with Crippen LogP contribution in [-0.4, -0.2) is 37.1 Å². The van der Waals surface area contributed by atoms with Crippen molar-refractivity contribution in [2.45, 2.75) is 39.2 Å². The van der Waals surface area contributed by atoms with Crippen LogP contribution in [0.15, 0.2) is 54.6 Å². The predicted molar refractivity (Wildman–Crippen MR) is 112 cm³/mol. The van der Waals surface area contributed by atoms with Crippen LogP contribution in [0.5, 0.6) is 0 Å². The van der Waals surface area contributed by atoms with Gasteiger partial charge in [0, 0.05) is 31.9 Å². The fourth-order valence-electron chi connectivity index (χ4n) is 3.64. The summed E-state index contributed by atoms with van der Waals surface area (Å²) in [7, 11) is 0. The van der Waals surface area contributed by atoms with Gasteiger partial charge in [0.15, 0.2) is 0 Å². The molecular formula is C23H31N3O. The van der Waals surface area contributed by atoms with Gasteiger partial charge in [-0.15, -0.1) is 0 Å². The van der Waals surface area contributed by atoms with Gasteiger partial charge in [-0.1, -0.05) is 69.3 Å². The van der Waals surface area contributed by atoms with Gasteiger partial charge in [0.05, 0.1) is 6.04 Å². The van der Waals surface area contributed by atoms with E-state index in [0.29, 0.717) is 0 Å². The Balaban J connectivity index is 1.60. The number of carbonyl (C=O) groups is 1. The second kappa shape index (κ2) is 8.03. The Morgan fingerprint density at radius 3 is 2.15 bits per heavy atom. The molecule has 1 aliphatic heterocycles. The first kappa shape index (κ1) is 19.3. The maximum absolute atomic E-state index is 12.6. The lowest BCUT2D eigenvalue weighted by atomic mass is 9.85. The minimum atomic E-state index is 0.0124. The Morgan fingerprint density at radius 2 is 1.52 bits per heavy atom. The van der Waals surface area contributed by atoms with E-state index >= 15 is 0 Å². The number of anilines is 1. The molecule has 1 heterocycles. The molecule has 0 aliphatic carbocycles. The van der Waals surface area contributed by atoms with Crippen LogP contribution in [0, 0.1) is 0 Å². The summed E-state index contributed by atoms with van der Waals surface area (Å²) < 4.78 is 0. The quantitative estimate of drug-likeness (QED) is 0.864. The highest BCUT2D eigenvalue weighted by Gasteiger charge is 2.26. The SMILES string of the molecule is CC(NC(=O)N1CCN(c2ccccc2C(C)(C)C)CC1)c1ccccc1. The van der Waals surface area contributed by atoms with E-state index in [1.165, 1.54) is 11.3 Å². The number of benzene rings is 2. The van der Waals surface area contributed by atoms with E-state index in [2.05, 4.69) is 55.3 Å². The molecule has 4 nitrogen and oxygen atoms in total. The smallest absolute Gasteiger partial charge is 0.317 e. The zero-order valence-corrected chi connectivity index (χ0v) is 16.9. The zero-order chi connectivity index (χ0) is 19.4. The van der Waals surface area contributed by atoms with Gasteiger partial charge in [0.25, 0.3) is 0 Å². The van der Waals surface area contributed by atoms with Gasteiger partial charge in [0.1, 0.15) is 0 Å². The van der Waals surface area contributed by atoms with Crippen LogP contribution in [0.3, 0.4) is 0 Å². The number of urea groups is 1. The van der Waals surface area contributed by atoms with Gasteiger partial charge in [-0.05, 0) is 29.5 Å². The van der Waals surface area contributed by atoms with Crippen molar-refractivity contribution in [2.75, 3.05) is 31.1 Å². The minimum absolute atomic E-state index is 0.0124. The van der Waals surface area contributed by atoms with E-state index in [1.54, 1.807) is 0 Å². The van der Waals surface area contributed by atoms with Crippen LogP contribution < -0.4 is 10.2 Å². The summed E-state index contributed by atoms with van der Waals surface area (Å²) in [6.45, 7) is 12.0. The van der Waals surface area contributed by atoms with Crippen molar-refractivity contribution in [3.05, 3.63) is 65.7 Å². The number of nitrogens with zero attached hydrogens (tertiary/aromatic N) is 2. The van der Waals surface area contributed by atoms with Gasteiger partial charge in [-0.3, -0.25) is 0 Å². The number of rotatable bonds is 3. The van der Waals surface area contributed by atoms with E-state index in [9.17, 15) is 4.79 Å². The number of para-hydroxylation sites is 1. The van der Waals surface area contributed by atoms with Crippen molar-refractivity contribution in [3.63, 3.8) is 0 Å². The molecule has 0 spiro atoms. The molecule has 0 bridgehead atoms. The molecule has 1 unspecified atom stereocenters. The lowest BCUT2D eigenvalue weighted by Crippen LogP contribution is -2.52. The van der Waals surface area contributed by atoms with Crippen molar-refractivity contribution in [1.82, 2.24) is 10.2 Å². The topological polar surface area (TPSA) is 35.6 Å². The standard InChI is InChI=1S/C23H31N3O/c1-18(19-10-6-5-7-11-19)24-22(27)26-16-14-25(15-17-26)21-13-9-8-12-20(21)23(2,3)4/h5-13,18H,14-17H2,1-4H3,(H,24,27). The lowest BCUT2D eigenvalue weighted by Gasteiger charge is -2.38. The fraction of sp³-hybridized carbons (Fsp3) is 0.435. The first-order valence-electron chi connectivity index (χ1n) is 9.81. The summed E-state index contributed by atoms with van der Waals surface area (Å²) in [6, 6.07) is 18.8. The highest BCUT2D eigenvalue weighted by Crippen LogP contribution is 2.32. The molecule has 2 aromatic rings. The van der Waals surface area contributed by atoms with Gasteiger partial charge >= 0.3 is 6.03 Å². The summed E-state index contributed by atoms with van der Waals surface area (Å²) in [4.78, 5) is 17.0. The van der Waals surface area contributed by atoms with Crippen LogP contribution in [0.4, 0.5) is 10.5 Å². The first-order chi connectivity index (χ1) is 12.9. The van der Waals surface area contributed by atoms with Crippen LogP contribution in [-0.2, 0) is 5.41 Å². The lowest BCUT2D eigenvalue weighted by molar-refractivity contribution is 0.191. The molecular weight excluding hydrogens is 334 g/mol. The number of hydrogen-bond donors (Lipinski definition) is 1. The molecule has 0 radical (unpaired) electrons. The molecule has 4 heteroatoms. The number of amides is 2. The third-order valence-corrected chi connectivity index (χ3v) is 5.26. The second-order valence-corrected chi connectivity index (χ2v) is 8.32. The molecule has 0 aromatic heterocycles. The van der Waals surface area contributed by atoms with Crippen molar-refractivity contribution in [3.8, 4) is 0 Å². The maximum atomic E-state index is 12.6. The molecule has 1 atom stereocenters. The third kappa shape index (κ3) is 4.62. The molecule has 27 heavy (non-hydrogen) atoms. The largest absolute Gasteiger partial charge is 0.368 e. The summed E-state index contributed by atoms with van der Waals surface area (Å²) in [6.07, 6.45) is 0. The van der Waals surface area contributed by atoms with Gasteiger partial charge < -0.3 is 15.1 Å². The Hall–Kier alpha value is -2.49. The number of carbonyl (C=O) groups excluding carboxylic acids is 1. The van der Waals surface area contributed by atoms with Crippen LogP contribution >= 0.6 is 0 Å². The molecule has 1 aliphatic rings. The van der Waals surface area contributed by atoms with Crippen LogP contribution in [0.2, 0.25) is 0 Å². The summed E-state index contributed by atoms with van der Waals surface area (Å²) in [5, 5.41) is 3.12. The van der Waals surface area contributed by atoms with Crippen LogP contribution in [0.1, 0.15) is 44.9 Å².